The van der Waals surface area contributed by atoms with Crippen LogP contribution in [0.1, 0.15) is 12.0 Å². The lowest BCUT2D eigenvalue weighted by Crippen LogP contribution is -2.32. The van der Waals surface area contributed by atoms with E-state index in [0.717, 1.165) is 47.8 Å². The molecule has 27 heavy (non-hydrogen) atoms. The van der Waals surface area contributed by atoms with Gasteiger partial charge in [-0.15, -0.1) is 0 Å². The standard InChI is InChI=1S/C21H24N6/c1-15-4-6-16(7-5-15)20-19(17-10-22-14-23-11-17)12-24-21(25-20)27-9-8-18(13-27)26(2)3/h4-7,10-12,14,18H,8-9,13H2,1-3H3. The van der Waals surface area contributed by atoms with E-state index in [1.165, 1.54) is 11.9 Å². The Morgan fingerprint density at radius 1 is 1.00 bits per heavy atom. The van der Waals surface area contributed by atoms with Gasteiger partial charge >= 0.3 is 0 Å². The van der Waals surface area contributed by atoms with Crippen LogP contribution in [-0.4, -0.2) is 58.1 Å². The molecule has 1 aliphatic rings. The zero-order valence-electron chi connectivity index (χ0n) is 16.0. The van der Waals surface area contributed by atoms with Gasteiger partial charge in [-0.25, -0.2) is 19.9 Å². The fourth-order valence-corrected chi connectivity index (χ4v) is 3.45. The van der Waals surface area contributed by atoms with Crippen molar-refractivity contribution in [1.29, 1.82) is 0 Å². The summed E-state index contributed by atoms with van der Waals surface area (Å²) in [6, 6.07) is 8.99. The zero-order chi connectivity index (χ0) is 18.8. The quantitative estimate of drug-likeness (QED) is 0.713. The molecule has 0 bridgehead atoms. The molecule has 6 heteroatoms. The van der Waals surface area contributed by atoms with Crippen molar-refractivity contribution in [2.45, 2.75) is 19.4 Å². The minimum Gasteiger partial charge on any atom is -0.339 e. The van der Waals surface area contributed by atoms with Gasteiger partial charge in [0.15, 0.2) is 0 Å². The summed E-state index contributed by atoms with van der Waals surface area (Å²) in [6.45, 7) is 4.02. The molecule has 1 unspecified atom stereocenters. The van der Waals surface area contributed by atoms with Crippen LogP contribution in [0, 0.1) is 6.92 Å². The van der Waals surface area contributed by atoms with Crippen LogP contribution in [0.3, 0.4) is 0 Å². The van der Waals surface area contributed by atoms with Crippen LogP contribution in [0.2, 0.25) is 0 Å². The number of anilines is 1. The van der Waals surface area contributed by atoms with Gasteiger partial charge in [-0.05, 0) is 27.4 Å². The lowest BCUT2D eigenvalue weighted by molar-refractivity contribution is 0.315. The highest BCUT2D eigenvalue weighted by atomic mass is 15.3. The van der Waals surface area contributed by atoms with Gasteiger partial charge in [0, 0.05) is 54.4 Å². The minimum absolute atomic E-state index is 0.540. The van der Waals surface area contributed by atoms with Crippen LogP contribution in [0.4, 0.5) is 5.95 Å². The Labute approximate surface area is 159 Å². The second-order valence-corrected chi connectivity index (χ2v) is 7.28. The molecule has 0 saturated carbocycles. The van der Waals surface area contributed by atoms with E-state index >= 15 is 0 Å². The van der Waals surface area contributed by atoms with Gasteiger partial charge in [-0.2, -0.15) is 0 Å². The predicted octanol–water partition coefficient (Wildman–Crippen LogP) is 3.05. The molecule has 1 aromatic carbocycles. The van der Waals surface area contributed by atoms with Crippen LogP contribution in [-0.2, 0) is 0 Å². The average molecular weight is 360 g/mol. The molecular weight excluding hydrogens is 336 g/mol. The van der Waals surface area contributed by atoms with E-state index in [9.17, 15) is 0 Å². The van der Waals surface area contributed by atoms with Gasteiger partial charge in [0.2, 0.25) is 5.95 Å². The summed E-state index contributed by atoms with van der Waals surface area (Å²) in [5.74, 6) is 0.788. The number of likely N-dealkylation sites (N-methyl/N-ethyl adjacent to an activating group) is 1. The SMILES string of the molecule is Cc1ccc(-c2nc(N3CCC(N(C)C)C3)ncc2-c2cncnc2)cc1. The predicted molar refractivity (Wildman–Crippen MR) is 108 cm³/mol. The Balaban J connectivity index is 1.76. The van der Waals surface area contributed by atoms with Crippen molar-refractivity contribution in [1.82, 2.24) is 24.8 Å². The van der Waals surface area contributed by atoms with Crippen LogP contribution < -0.4 is 4.90 Å². The van der Waals surface area contributed by atoms with E-state index in [0.29, 0.717) is 6.04 Å². The summed E-state index contributed by atoms with van der Waals surface area (Å²) >= 11 is 0. The summed E-state index contributed by atoms with van der Waals surface area (Å²) in [7, 11) is 4.26. The number of aromatic nitrogens is 4. The van der Waals surface area contributed by atoms with Crippen molar-refractivity contribution in [3.05, 3.63) is 54.7 Å². The smallest absolute Gasteiger partial charge is 0.225 e. The molecule has 138 valence electrons. The second kappa shape index (κ2) is 7.40. The van der Waals surface area contributed by atoms with Crippen LogP contribution in [0.25, 0.3) is 22.4 Å². The first-order chi connectivity index (χ1) is 13.1. The number of aryl methyl sites for hydroxylation is 1. The van der Waals surface area contributed by atoms with E-state index in [4.69, 9.17) is 4.98 Å². The molecule has 1 fully saturated rings. The molecule has 1 aliphatic heterocycles. The molecule has 3 heterocycles. The molecule has 2 aromatic heterocycles. The normalized spacial score (nSPS) is 16.9. The fourth-order valence-electron chi connectivity index (χ4n) is 3.45. The molecule has 0 spiro atoms. The van der Waals surface area contributed by atoms with E-state index in [1.807, 2.05) is 6.20 Å². The van der Waals surface area contributed by atoms with Crippen LogP contribution in [0.15, 0.2) is 49.2 Å². The first-order valence-corrected chi connectivity index (χ1v) is 9.22. The number of hydrogen-bond donors (Lipinski definition) is 0. The van der Waals surface area contributed by atoms with Crippen molar-refractivity contribution in [2.75, 3.05) is 32.1 Å². The van der Waals surface area contributed by atoms with E-state index in [1.54, 1.807) is 12.4 Å². The summed E-state index contributed by atoms with van der Waals surface area (Å²) in [4.78, 5) is 22.5. The Hall–Kier alpha value is -2.86. The number of hydrogen-bond acceptors (Lipinski definition) is 6. The van der Waals surface area contributed by atoms with Crippen molar-refractivity contribution >= 4 is 5.95 Å². The third-order valence-corrected chi connectivity index (χ3v) is 5.15. The van der Waals surface area contributed by atoms with Gasteiger partial charge in [0.25, 0.3) is 0 Å². The summed E-state index contributed by atoms with van der Waals surface area (Å²) in [5.41, 5.74) is 5.10. The highest BCUT2D eigenvalue weighted by molar-refractivity contribution is 5.80. The van der Waals surface area contributed by atoms with Crippen LogP contribution in [0.5, 0.6) is 0 Å². The Kier molecular flexibility index (Phi) is 4.81. The highest BCUT2D eigenvalue weighted by Gasteiger charge is 2.26. The molecule has 3 aromatic rings. The second-order valence-electron chi connectivity index (χ2n) is 7.28. The maximum Gasteiger partial charge on any atom is 0.225 e. The number of benzene rings is 1. The largest absolute Gasteiger partial charge is 0.339 e. The number of rotatable bonds is 4. The van der Waals surface area contributed by atoms with Crippen molar-refractivity contribution < 1.29 is 0 Å². The molecule has 4 rings (SSSR count). The lowest BCUT2D eigenvalue weighted by atomic mass is 10.0. The maximum absolute atomic E-state index is 4.97. The summed E-state index contributed by atoms with van der Waals surface area (Å²) < 4.78 is 0. The van der Waals surface area contributed by atoms with Gasteiger partial charge < -0.3 is 9.80 Å². The van der Waals surface area contributed by atoms with Gasteiger partial charge in [-0.1, -0.05) is 29.8 Å². The minimum atomic E-state index is 0.540. The molecule has 0 radical (unpaired) electrons. The number of nitrogens with zero attached hydrogens (tertiary/aromatic N) is 6. The molecule has 0 N–H and O–H groups in total. The third-order valence-electron chi connectivity index (χ3n) is 5.15. The third kappa shape index (κ3) is 3.66. The first-order valence-electron chi connectivity index (χ1n) is 9.22. The summed E-state index contributed by atoms with van der Waals surface area (Å²) in [6.07, 6.45) is 8.18. The first kappa shape index (κ1) is 17.5. The molecular formula is C21H24N6. The molecule has 0 amide bonds. The monoisotopic (exact) mass is 360 g/mol. The van der Waals surface area contributed by atoms with E-state index in [2.05, 4.69) is 70.0 Å². The van der Waals surface area contributed by atoms with Crippen molar-refractivity contribution in [3.63, 3.8) is 0 Å². The van der Waals surface area contributed by atoms with Gasteiger partial charge in [-0.3, -0.25) is 0 Å². The lowest BCUT2D eigenvalue weighted by Gasteiger charge is -2.21. The molecule has 1 atom stereocenters. The highest BCUT2D eigenvalue weighted by Crippen LogP contribution is 2.31. The van der Waals surface area contributed by atoms with Gasteiger partial charge in [0.1, 0.15) is 6.33 Å². The van der Waals surface area contributed by atoms with Crippen molar-refractivity contribution in [3.8, 4) is 22.4 Å². The molecule has 1 saturated heterocycles. The Morgan fingerprint density at radius 2 is 1.74 bits per heavy atom. The maximum atomic E-state index is 4.97. The zero-order valence-corrected chi connectivity index (χ0v) is 16.0. The van der Waals surface area contributed by atoms with Gasteiger partial charge in [0.05, 0.1) is 5.69 Å². The average Bonchev–Trinajstić information content (AvgIpc) is 3.19. The fraction of sp³-hybridized carbons (Fsp3) is 0.333. The Bertz CT molecular complexity index is 908. The van der Waals surface area contributed by atoms with Crippen LogP contribution >= 0.6 is 0 Å². The van der Waals surface area contributed by atoms with E-state index < -0.39 is 0 Å². The topological polar surface area (TPSA) is 58.0 Å². The van der Waals surface area contributed by atoms with Crippen molar-refractivity contribution in [2.24, 2.45) is 0 Å². The molecule has 6 nitrogen and oxygen atoms in total. The van der Waals surface area contributed by atoms with E-state index in [-0.39, 0.29) is 0 Å². The Morgan fingerprint density at radius 3 is 2.41 bits per heavy atom. The summed E-state index contributed by atoms with van der Waals surface area (Å²) in [5, 5.41) is 0. The molecule has 0 aliphatic carbocycles.